The Morgan fingerprint density at radius 1 is 1.16 bits per heavy atom. The third-order valence-electron chi connectivity index (χ3n) is 6.01. The van der Waals surface area contributed by atoms with Crippen molar-refractivity contribution in [2.75, 3.05) is 26.2 Å². The molecule has 4 rings (SSSR count). The number of likely N-dealkylation sites (N-methyl/N-ethyl adjacent to an activating group) is 1. The lowest BCUT2D eigenvalue weighted by atomic mass is 10.0. The molecule has 1 amide bonds. The van der Waals surface area contributed by atoms with Gasteiger partial charge in [-0.15, -0.1) is 11.3 Å². The number of benzene rings is 2. The molecular weight excluding hydrogens is 421 g/mol. The van der Waals surface area contributed by atoms with Crippen molar-refractivity contribution in [2.45, 2.75) is 27.2 Å². The highest BCUT2D eigenvalue weighted by Gasteiger charge is 2.26. The standard InChI is InChI=1S/C26H28FN3OS/c1-4-30(5-2)13-12-28-25(31)15-20-17(3)21(19-11-10-18(27)14-22(19)20)16-26-29-23-8-6-7-9-24(23)32-26/h6-11,14,16H,4-5,12-13,15H2,1-3H3,(H,28,31)/b21-16-. The van der Waals surface area contributed by atoms with Crippen molar-refractivity contribution in [2.24, 2.45) is 0 Å². The van der Waals surface area contributed by atoms with Gasteiger partial charge in [-0.05, 0) is 78.2 Å². The molecule has 0 saturated carbocycles. The van der Waals surface area contributed by atoms with Gasteiger partial charge in [-0.25, -0.2) is 9.37 Å². The third-order valence-corrected chi connectivity index (χ3v) is 7.00. The van der Waals surface area contributed by atoms with Crippen LogP contribution in [0, 0.1) is 5.82 Å². The van der Waals surface area contributed by atoms with Crippen molar-refractivity contribution in [3.05, 3.63) is 70.0 Å². The molecule has 0 aliphatic heterocycles. The van der Waals surface area contributed by atoms with Crippen LogP contribution in [0.4, 0.5) is 4.39 Å². The maximum atomic E-state index is 14.1. The van der Waals surface area contributed by atoms with Crippen molar-refractivity contribution in [1.29, 1.82) is 0 Å². The van der Waals surface area contributed by atoms with Crippen LogP contribution in [-0.2, 0) is 4.79 Å². The summed E-state index contributed by atoms with van der Waals surface area (Å²) in [5.74, 6) is -0.333. The van der Waals surface area contributed by atoms with E-state index in [2.05, 4.69) is 36.2 Å². The van der Waals surface area contributed by atoms with E-state index in [9.17, 15) is 9.18 Å². The zero-order valence-electron chi connectivity index (χ0n) is 18.7. The fourth-order valence-corrected chi connectivity index (χ4v) is 5.08. The van der Waals surface area contributed by atoms with Crippen molar-refractivity contribution in [1.82, 2.24) is 15.2 Å². The number of amides is 1. The summed E-state index contributed by atoms with van der Waals surface area (Å²) >= 11 is 1.63. The summed E-state index contributed by atoms with van der Waals surface area (Å²) < 4.78 is 15.2. The molecule has 3 aromatic rings. The predicted octanol–water partition coefficient (Wildman–Crippen LogP) is 5.61. The predicted molar refractivity (Wildman–Crippen MR) is 132 cm³/mol. The fourth-order valence-electron chi connectivity index (χ4n) is 4.17. The number of hydrogen-bond acceptors (Lipinski definition) is 4. The minimum absolute atomic E-state index is 0.0389. The van der Waals surface area contributed by atoms with Crippen LogP contribution in [0.5, 0.6) is 0 Å². The second-order valence-corrected chi connectivity index (χ2v) is 8.99. The fraction of sp³-hybridized carbons (Fsp3) is 0.308. The molecule has 2 aromatic carbocycles. The zero-order valence-corrected chi connectivity index (χ0v) is 19.6. The molecule has 0 spiro atoms. The van der Waals surface area contributed by atoms with E-state index in [0.29, 0.717) is 6.54 Å². The van der Waals surface area contributed by atoms with E-state index in [4.69, 9.17) is 4.98 Å². The Labute approximate surface area is 192 Å². The first-order chi connectivity index (χ1) is 15.5. The number of carbonyl (C=O) groups excluding carboxylic acids is 1. The average molecular weight is 450 g/mol. The van der Waals surface area contributed by atoms with Crippen LogP contribution >= 0.6 is 11.3 Å². The van der Waals surface area contributed by atoms with E-state index >= 15 is 0 Å². The average Bonchev–Trinajstić information content (AvgIpc) is 3.31. The lowest BCUT2D eigenvalue weighted by Gasteiger charge is -2.18. The second-order valence-electron chi connectivity index (χ2n) is 7.92. The Morgan fingerprint density at radius 3 is 2.69 bits per heavy atom. The number of para-hydroxylation sites is 1. The molecule has 0 fully saturated rings. The molecule has 0 unspecified atom stereocenters. The molecule has 1 heterocycles. The van der Waals surface area contributed by atoms with Gasteiger partial charge in [-0.1, -0.05) is 32.0 Å². The summed E-state index contributed by atoms with van der Waals surface area (Å²) in [5.41, 5.74) is 5.61. The van der Waals surface area contributed by atoms with Gasteiger partial charge >= 0.3 is 0 Å². The molecule has 1 aliphatic carbocycles. The number of thiazole rings is 1. The van der Waals surface area contributed by atoms with Gasteiger partial charge < -0.3 is 10.2 Å². The monoisotopic (exact) mass is 449 g/mol. The Bertz CT molecular complexity index is 1170. The summed E-state index contributed by atoms with van der Waals surface area (Å²) in [4.78, 5) is 19.7. The van der Waals surface area contributed by atoms with Gasteiger partial charge in [0.25, 0.3) is 0 Å². The van der Waals surface area contributed by atoms with Crippen LogP contribution in [0.25, 0.3) is 27.4 Å². The first kappa shape index (κ1) is 22.4. The number of rotatable bonds is 8. The molecule has 0 radical (unpaired) electrons. The number of allylic oxidation sites excluding steroid dienone is 2. The Balaban J connectivity index is 1.60. The normalized spacial score (nSPS) is 14.6. The lowest BCUT2D eigenvalue weighted by molar-refractivity contribution is -0.120. The van der Waals surface area contributed by atoms with Crippen molar-refractivity contribution >= 4 is 44.7 Å². The van der Waals surface area contributed by atoms with E-state index in [-0.39, 0.29) is 18.1 Å². The minimum Gasteiger partial charge on any atom is -0.355 e. The van der Waals surface area contributed by atoms with E-state index in [1.807, 2.05) is 25.1 Å². The quantitative estimate of drug-likeness (QED) is 0.486. The van der Waals surface area contributed by atoms with Gasteiger partial charge in [0.2, 0.25) is 5.91 Å². The molecular formula is C26H28FN3OS. The van der Waals surface area contributed by atoms with Crippen molar-refractivity contribution in [3.63, 3.8) is 0 Å². The van der Waals surface area contributed by atoms with Gasteiger partial charge in [0.15, 0.2) is 0 Å². The molecule has 0 saturated heterocycles. The molecule has 1 aromatic heterocycles. The molecule has 0 bridgehead atoms. The van der Waals surface area contributed by atoms with Crippen LogP contribution in [0.2, 0.25) is 0 Å². The second kappa shape index (κ2) is 9.76. The molecule has 1 aliphatic rings. The number of fused-ring (bicyclic) bond motifs is 2. The smallest absolute Gasteiger partial charge is 0.224 e. The van der Waals surface area contributed by atoms with Crippen LogP contribution in [0.3, 0.4) is 0 Å². The summed E-state index contributed by atoms with van der Waals surface area (Å²) in [5, 5.41) is 3.92. The van der Waals surface area contributed by atoms with E-state index in [1.165, 1.54) is 12.1 Å². The molecule has 1 N–H and O–H groups in total. The first-order valence-corrected chi connectivity index (χ1v) is 11.9. The Morgan fingerprint density at radius 2 is 1.94 bits per heavy atom. The largest absolute Gasteiger partial charge is 0.355 e. The van der Waals surface area contributed by atoms with Crippen LogP contribution < -0.4 is 5.32 Å². The first-order valence-electron chi connectivity index (χ1n) is 11.1. The van der Waals surface area contributed by atoms with Gasteiger partial charge in [-0.3, -0.25) is 4.79 Å². The van der Waals surface area contributed by atoms with Crippen molar-refractivity contribution < 1.29 is 9.18 Å². The summed E-state index contributed by atoms with van der Waals surface area (Å²) in [6.07, 6.45) is 2.29. The Hall–Kier alpha value is -2.83. The zero-order chi connectivity index (χ0) is 22.7. The highest BCUT2D eigenvalue weighted by atomic mass is 32.1. The summed E-state index contributed by atoms with van der Waals surface area (Å²) in [6, 6.07) is 12.9. The highest BCUT2D eigenvalue weighted by Crippen LogP contribution is 2.44. The maximum Gasteiger partial charge on any atom is 0.224 e. The molecule has 4 nitrogen and oxygen atoms in total. The lowest BCUT2D eigenvalue weighted by Crippen LogP contribution is -2.34. The number of nitrogens with one attached hydrogen (secondary N) is 1. The SMILES string of the molecule is CCN(CC)CCNC(=O)CC1=C(C)/C(=C/c2nc3ccccc3s2)c2ccc(F)cc21. The van der Waals surface area contributed by atoms with E-state index in [1.54, 1.807) is 17.4 Å². The summed E-state index contributed by atoms with van der Waals surface area (Å²) in [7, 11) is 0. The topological polar surface area (TPSA) is 45.2 Å². The van der Waals surface area contributed by atoms with Crippen LogP contribution in [0.15, 0.2) is 48.0 Å². The minimum atomic E-state index is -0.294. The molecule has 32 heavy (non-hydrogen) atoms. The summed E-state index contributed by atoms with van der Waals surface area (Å²) in [6.45, 7) is 9.59. The Kier molecular flexibility index (Phi) is 6.82. The van der Waals surface area contributed by atoms with Crippen LogP contribution in [-0.4, -0.2) is 42.0 Å². The van der Waals surface area contributed by atoms with Gasteiger partial charge in [0, 0.05) is 13.1 Å². The number of carbonyl (C=O) groups is 1. The van der Waals surface area contributed by atoms with Gasteiger partial charge in [0.1, 0.15) is 10.8 Å². The number of hydrogen-bond donors (Lipinski definition) is 1. The third kappa shape index (κ3) is 4.66. The van der Waals surface area contributed by atoms with Gasteiger partial charge in [-0.2, -0.15) is 0 Å². The number of nitrogens with zero attached hydrogens (tertiary/aromatic N) is 2. The van der Waals surface area contributed by atoms with Crippen molar-refractivity contribution in [3.8, 4) is 0 Å². The number of aromatic nitrogens is 1. The molecule has 6 heteroatoms. The number of halogens is 1. The maximum absolute atomic E-state index is 14.1. The highest BCUT2D eigenvalue weighted by molar-refractivity contribution is 7.19. The van der Waals surface area contributed by atoms with E-state index < -0.39 is 0 Å². The molecule has 166 valence electrons. The van der Waals surface area contributed by atoms with E-state index in [0.717, 1.165) is 62.7 Å². The van der Waals surface area contributed by atoms with Gasteiger partial charge in [0.05, 0.1) is 16.6 Å². The van der Waals surface area contributed by atoms with Crippen LogP contribution in [0.1, 0.15) is 43.3 Å². The molecule has 0 atom stereocenters.